The van der Waals surface area contributed by atoms with Crippen LogP contribution in [0.15, 0.2) is 24.3 Å². The summed E-state index contributed by atoms with van der Waals surface area (Å²) in [7, 11) is -1.55. The Hall–Kier alpha value is -0.910. The number of aryl methyl sites for hydroxylation is 1. The first kappa shape index (κ1) is 15.1. The molecule has 0 aliphatic carbocycles. The van der Waals surface area contributed by atoms with Crippen molar-refractivity contribution in [2.24, 2.45) is 0 Å². The smallest absolute Gasteiger partial charge is 0.216 e. The first-order chi connectivity index (χ1) is 8.38. The van der Waals surface area contributed by atoms with Gasteiger partial charge in [0.25, 0.3) is 0 Å². The van der Waals surface area contributed by atoms with Crippen molar-refractivity contribution >= 4 is 10.0 Å². The van der Waals surface area contributed by atoms with Crippen molar-refractivity contribution in [1.82, 2.24) is 10.0 Å². The molecule has 0 amide bonds. The van der Waals surface area contributed by atoms with E-state index in [0.717, 1.165) is 11.1 Å². The van der Waals surface area contributed by atoms with Gasteiger partial charge in [0.1, 0.15) is 0 Å². The Labute approximate surface area is 110 Å². The largest absolute Gasteiger partial charge is 0.318 e. The fourth-order valence-corrected chi connectivity index (χ4v) is 3.13. The van der Waals surface area contributed by atoms with Crippen LogP contribution in [0, 0.1) is 6.92 Å². The molecule has 5 heteroatoms. The Morgan fingerprint density at radius 2 is 1.83 bits per heavy atom. The Bertz CT molecular complexity index is 486. The molecule has 0 bridgehead atoms. The fraction of sp³-hybridized carbons (Fsp3) is 0.538. The lowest BCUT2D eigenvalue weighted by atomic mass is 10.0. The van der Waals surface area contributed by atoms with Gasteiger partial charge in [0.2, 0.25) is 10.0 Å². The number of sulfonamides is 1. The van der Waals surface area contributed by atoms with Gasteiger partial charge in [-0.3, -0.25) is 0 Å². The Morgan fingerprint density at radius 3 is 2.39 bits per heavy atom. The molecule has 4 nitrogen and oxygen atoms in total. The van der Waals surface area contributed by atoms with Gasteiger partial charge in [-0.1, -0.05) is 24.3 Å². The maximum Gasteiger partial charge on any atom is 0.216 e. The average Bonchev–Trinajstić information content (AvgIpc) is 2.29. The summed E-state index contributed by atoms with van der Waals surface area (Å²) in [5.74, 6) is 0. The van der Waals surface area contributed by atoms with E-state index in [9.17, 15) is 8.42 Å². The molecule has 0 aromatic heterocycles. The van der Waals surface area contributed by atoms with Crippen molar-refractivity contribution in [2.45, 2.75) is 32.1 Å². The summed E-state index contributed by atoms with van der Waals surface area (Å²) in [6, 6.07) is 7.59. The third-order valence-corrected chi connectivity index (χ3v) is 4.93. The van der Waals surface area contributed by atoms with Crippen LogP contribution in [0.5, 0.6) is 0 Å². The van der Waals surface area contributed by atoms with E-state index in [-0.39, 0.29) is 6.04 Å². The van der Waals surface area contributed by atoms with Crippen LogP contribution in [0.25, 0.3) is 0 Å². The van der Waals surface area contributed by atoms with E-state index in [4.69, 9.17) is 0 Å². The fourth-order valence-electron chi connectivity index (χ4n) is 1.90. The minimum atomic E-state index is -3.30. The highest BCUT2D eigenvalue weighted by atomic mass is 32.2. The van der Waals surface area contributed by atoms with Crippen molar-refractivity contribution in [3.8, 4) is 0 Å². The molecule has 2 unspecified atom stereocenters. The summed E-state index contributed by atoms with van der Waals surface area (Å²) in [5.41, 5.74) is 2.10. The Kier molecular flexibility index (Phi) is 5.31. The van der Waals surface area contributed by atoms with Crippen molar-refractivity contribution in [3.05, 3.63) is 35.4 Å². The number of hydrogen-bond donors (Lipinski definition) is 2. The van der Waals surface area contributed by atoms with E-state index in [1.54, 1.807) is 14.0 Å². The highest BCUT2D eigenvalue weighted by Crippen LogP contribution is 2.18. The predicted molar refractivity (Wildman–Crippen MR) is 75.0 cm³/mol. The molecule has 0 spiro atoms. The molecule has 1 aromatic rings. The van der Waals surface area contributed by atoms with E-state index in [1.165, 1.54) is 0 Å². The normalized spacial score (nSPS) is 15.3. The molecule has 1 rings (SSSR count). The number of benzene rings is 1. The van der Waals surface area contributed by atoms with Gasteiger partial charge >= 0.3 is 0 Å². The molecular weight excluding hydrogens is 248 g/mol. The quantitative estimate of drug-likeness (QED) is 0.825. The van der Waals surface area contributed by atoms with Gasteiger partial charge in [0, 0.05) is 12.6 Å². The zero-order valence-corrected chi connectivity index (χ0v) is 12.2. The monoisotopic (exact) mass is 270 g/mol. The molecular formula is C13H22N2O2S. The minimum Gasteiger partial charge on any atom is -0.318 e. The second-order valence-electron chi connectivity index (χ2n) is 4.61. The number of hydrogen-bond acceptors (Lipinski definition) is 3. The molecule has 0 saturated heterocycles. The highest BCUT2D eigenvalue weighted by Gasteiger charge is 2.23. The van der Waals surface area contributed by atoms with E-state index in [0.29, 0.717) is 6.54 Å². The predicted octanol–water partition coefficient (Wildman–Crippen LogP) is 1.58. The van der Waals surface area contributed by atoms with Crippen molar-refractivity contribution < 1.29 is 8.42 Å². The number of rotatable bonds is 6. The van der Waals surface area contributed by atoms with E-state index in [1.807, 2.05) is 38.1 Å². The molecule has 1 aromatic carbocycles. The maximum absolute atomic E-state index is 12.1. The van der Waals surface area contributed by atoms with E-state index < -0.39 is 15.3 Å². The van der Waals surface area contributed by atoms with Crippen molar-refractivity contribution in [2.75, 3.05) is 13.6 Å². The first-order valence-corrected chi connectivity index (χ1v) is 7.64. The summed E-state index contributed by atoms with van der Waals surface area (Å²) >= 11 is 0. The van der Waals surface area contributed by atoms with Gasteiger partial charge in [0.05, 0.1) is 5.25 Å². The summed E-state index contributed by atoms with van der Waals surface area (Å²) < 4.78 is 26.9. The van der Waals surface area contributed by atoms with Crippen LogP contribution in [0.4, 0.5) is 0 Å². The summed E-state index contributed by atoms with van der Waals surface area (Å²) in [6.45, 7) is 5.99. The molecule has 0 heterocycles. The van der Waals surface area contributed by atoms with E-state index >= 15 is 0 Å². The molecule has 0 saturated carbocycles. The molecule has 2 atom stereocenters. The SMILES string of the molecule is CNCC(C)S(=O)(=O)NC(C)c1ccccc1C. The van der Waals surface area contributed by atoms with Crippen molar-refractivity contribution in [1.29, 1.82) is 0 Å². The Balaban J connectivity index is 2.82. The first-order valence-electron chi connectivity index (χ1n) is 6.09. The van der Waals surface area contributed by atoms with Crippen LogP contribution in [0.3, 0.4) is 0 Å². The van der Waals surface area contributed by atoms with Crippen LogP contribution < -0.4 is 10.0 Å². The summed E-state index contributed by atoms with van der Waals surface area (Å²) in [4.78, 5) is 0. The third kappa shape index (κ3) is 3.80. The van der Waals surface area contributed by atoms with Gasteiger partial charge in [-0.05, 0) is 38.9 Å². The highest BCUT2D eigenvalue weighted by molar-refractivity contribution is 7.90. The second kappa shape index (κ2) is 6.31. The lowest BCUT2D eigenvalue weighted by Crippen LogP contribution is -2.39. The molecule has 0 aliphatic heterocycles. The third-order valence-electron chi connectivity index (χ3n) is 3.02. The van der Waals surface area contributed by atoms with Crippen molar-refractivity contribution in [3.63, 3.8) is 0 Å². The molecule has 0 fully saturated rings. The number of nitrogens with one attached hydrogen (secondary N) is 2. The average molecular weight is 270 g/mol. The van der Waals surface area contributed by atoms with Gasteiger partial charge in [-0.25, -0.2) is 13.1 Å². The standard InChI is InChI=1S/C13H22N2O2S/c1-10-7-5-6-8-13(10)12(3)15-18(16,17)11(2)9-14-4/h5-8,11-12,14-15H,9H2,1-4H3. The second-order valence-corrected chi connectivity index (χ2v) is 6.74. The van der Waals surface area contributed by atoms with Gasteiger partial charge in [-0.15, -0.1) is 0 Å². The lowest BCUT2D eigenvalue weighted by molar-refractivity contribution is 0.549. The van der Waals surface area contributed by atoms with Crippen LogP contribution in [-0.2, 0) is 10.0 Å². The Morgan fingerprint density at radius 1 is 1.22 bits per heavy atom. The van der Waals surface area contributed by atoms with Gasteiger partial charge in [0.15, 0.2) is 0 Å². The summed E-state index contributed by atoms with van der Waals surface area (Å²) in [5, 5.41) is 2.43. The molecule has 0 radical (unpaired) electrons. The van der Waals surface area contributed by atoms with Gasteiger partial charge in [-0.2, -0.15) is 0 Å². The lowest BCUT2D eigenvalue weighted by Gasteiger charge is -2.20. The van der Waals surface area contributed by atoms with Crippen LogP contribution in [0.2, 0.25) is 0 Å². The molecule has 2 N–H and O–H groups in total. The van der Waals surface area contributed by atoms with Crippen LogP contribution >= 0.6 is 0 Å². The topological polar surface area (TPSA) is 58.2 Å². The zero-order valence-electron chi connectivity index (χ0n) is 11.4. The van der Waals surface area contributed by atoms with E-state index in [2.05, 4.69) is 10.0 Å². The van der Waals surface area contributed by atoms with Crippen LogP contribution in [0.1, 0.15) is 31.0 Å². The van der Waals surface area contributed by atoms with Crippen LogP contribution in [-0.4, -0.2) is 27.3 Å². The summed E-state index contributed by atoms with van der Waals surface area (Å²) in [6.07, 6.45) is 0. The van der Waals surface area contributed by atoms with Gasteiger partial charge < -0.3 is 5.32 Å². The molecule has 18 heavy (non-hydrogen) atoms. The zero-order chi connectivity index (χ0) is 13.8. The maximum atomic E-state index is 12.1. The molecule has 0 aliphatic rings. The minimum absolute atomic E-state index is 0.212. The molecule has 102 valence electrons.